The van der Waals surface area contributed by atoms with Crippen LogP contribution in [0.15, 0.2) is 41.8 Å². The number of nitrogens with two attached hydrogens (primary N) is 1. The van der Waals surface area contributed by atoms with E-state index in [2.05, 4.69) is 24.8 Å². The molecule has 0 aromatic heterocycles. The first kappa shape index (κ1) is 18.8. The molecule has 2 N–H and O–H groups in total. The molecular weight excluding hydrogens is 370 g/mol. The van der Waals surface area contributed by atoms with Gasteiger partial charge < -0.3 is 29.6 Å². The van der Waals surface area contributed by atoms with Crippen molar-refractivity contribution < 1.29 is 18.9 Å². The zero-order valence-corrected chi connectivity index (χ0v) is 16.7. The maximum atomic E-state index is 9.79. The molecule has 0 unspecified atom stereocenters. The lowest BCUT2D eigenvalue weighted by atomic mass is 9.83. The minimum atomic E-state index is -0.391. The van der Waals surface area contributed by atoms with Crippen molar-refractivity contribution in [2.45, 2.75) is 19.8 Å². The van der Waals surface area contributed by atoms with Crippen molar-refractivity contribution in [3.63, 3.8) is 0 Å². The Morgan fingerprint density at radius 2 is 1.97 bits per heavy atom. The lowest BCUT2D eigenvalue weighted by Crippen LogP contribution is -2.24. The number of benzene rings is 2. The van der Waals surface area contributed by atoms with Gasteiger partial charge in [-0.15, -0.1) is 0 Å². The maximum Gasteiger partial charge on any atom is 0.231 e. The number of nitriles is 1. The quantitative estimate of drug-likeness (QED) is 0.831. The number of nitrogens with zero attached hydrogens (tertiary/aromatic N) is 2. The van der Waals surface area contributed by atoms with E-state index in [1.165, 1.54) is 0 Å². The Bertz CT molecular complexity index is 1020. The molecule has 0 spiro atoms. The van der Waals surface area contributed by atoms with Crippen LogP contribution in [0.4, 0.5) is 5.69 Å². The molecule has 2 aliphatic heterocycles. The molecule has 1 atom stereocenters. The van der Waals surface area contributed by atoms with Gasteiger partial charge in [0.15, 0.2) is 11.5 Å². The van der Waals surface area contributed by atoms with E-state index in [1.54, 1.807) is 7.11 Å². The SMILES string of the molecule is CCN(CC)c1ccc2c(c1)OC(N)=C(C#N)[C@@H]2c1cc(OC)c2c(c1)OCO2. The van der Waals surface area contributed by atoms with E-state index in [0.29, 0.717) is 28.6 Å². The van der Waals surface area contributed by atoms with Gasteiger partial charge in [0.1, 0.15) is 17.4 Å². The van der Waals surface area contributed by atoms with Gasteiger partial charge in [0, 0.05) is 30.4 Å². The van der Waals surface area contributed by atoms with Gasteiger partial charge in [-0.1, -0.05) is 6.07 Å². The molecule has 150 valence electrons. The van der Waals surface area contributed by atoms with Gasteiger partial charge in [-0.05, 0) is 37.6 Å². The number of methoxy groups -OCH3 is 1. The van der Waals surface area contributed by atoms with E-state index in [4.69, 9.17) is 24.7 Å². The van der Waals surface area contributed by atoms with Crippen LogP contribution in [0.3, 0.4) is 0 Å². The van der Waals surface area contributed by atoms with E-state index in [0.717, 1.165) is 29.9 Å². The third-order valence-corrected chi connectivity index (χ3v) is 5.35. The molecule has 0 fully saturated rings. The van der Waals surface area contributed by atoms with Gasteiger partial charge in [-0.25, -0.2) is 0 Å². The van der Waals surface area contributed by atoms with Crippen molar-refractivity contribution in [1.29, 1.82) is 5.26 Å². The van der Waals surface area contributed by atoms with Crippen LogP contribution in [0.25, 0.3) is 0 Å². The number of rotatable bonds is 5. The molecule has 2 aliphatic rings. The molecule has 0 aliphatic carbocycles. The van der Waals surface area contributed by atoms with Crippen molar-refractivity contribution in [3.05, 3.63) is 52.9 Å². The highest BCUT2D eigenvalue weighted by molar-refractivity contribution is 5.64. The maximum absolute atomic E-state index is 9.79. The Hall–Kier alpha value is -3.53. The Morgan fingerprint density at radius 3 is 2.66 bits per heavy atom. The normalized spacial score (nSPS) is 16.7. The summed E-state index contributed by atoms with van der Waals surface area (Å²) in [5, 5.41) is 9.79. The minimum Gasteiger partial charge on any atom is -0.493 e. The highest BCUT2D eigenvalue weighted by Crippen LogP contribution is 2.48. The van der Waals surface area contributed by atoms with E-state index >= 15 is 0 Å². The summed E-state index contributed by atoms with van der Waals surface area (Å²) in [6, 6.07) is 12.0. The summed E-state index contributed by atoms with van der Waals surface area (Å²) >= 11 is 0. The monoisotopic (exact) mass is 393 g/mol. The molecule has 0 saturated heterocycles. The zero-order chi connectivity index (χ0) is 20.5. The summed E-state index contributed by atoms with van der Waals surface area (Å²) in [6.07, 6.45) is 0. The highest BCUT2D eigenvalue weighted by Gasteiger charge is 2.33. The third kappa shape index (κ3) is 3.07. The predicted octanol–water partition coefficient (Wildman–Crippen LogP) is 3.49. The fraction of sp³-hybridized carbons (Fsp3) is 0.318. The van der Waals surface area contributed by atoms with E-state index in [-0.39, 0.29) is 12.7 Å². The van der Waals surface area contributed by atoms with Crippen LogP contribution in [-0.4, -0.2) is 27.0 Å². The molecule has 7 heteroatoms. The molecule has 29 heavy (non-hydrogen) atoms. The summed E-state index contributed by atoms with van der Waals surface area (Å²) in [7, 11) is 1.57. The first-order valence-electron chi connectivity index (χ1n) is 9.55. The summed E-state index contributed by atoms with van der Waals surface area (Å²) < 4.78 is 22.4. The second-order valence-corrected chi connectivity index (χ2v) is 6.78. The van der Waals surface area contributed by atoms with Gasteiger partial charge in [-0.2, -0.15) is 5.26 Å². The second kappa shape index (κ2) is 7.47. The molecule has 0 saturated carbocycles. The average molecular weight is 393 g/mol. The van der Waals surface area contributed by atoms with Gasteiger partial charge in [0.2, 0.25) is 18.4 Å². The average Bonchev–Trinajstić information content (AvgIpc) is 3.21. The molecule has 2 aromatic rings. The molecular formula is C22H23N3O4. The van der Waals surface area contributed by atoms with Gasteiger partial charge >= 0.3 is 0 Å². The van der Waals surface area contributed by atoms with E-state index in [1.807, 2.05) is 30.3 Å². The number of anilines is 1. The zero-order valence-electron chi connectivity index (χ0n) is 16.7. The second-order valence-electron chi connectivity index (χ2n) is 6.78. The van der Waals surface area contributed by atoms with Crippen molar-refractivity contribution in [3.8, 4) is 29.1 Å². The lowest BCUT2D eigenvalue weighted by Gasteiger charge is -2.29. The molecule has 4 rings (SSSR count). The van der Waals surface area contributed by atoms with E-state index < -0.39 is 5.92 Å². The van der Waals surface area contributed by atoms with Gasteiger partial charge in [0.25, 0.3) is 0 Å². The highest BCUT2D eigenvalue weighted by atomic mass is 16.7. The smallest absolute Gasteiger partial charge is 0.231 e. The van der Waals surface area contributed by atoms with Crippen LogP contribution >= 0.6 is 0 Å². The summed E-state index contributed by atoms with van der Waals surface area (Å²) in [5.74, 6) is 2.07. The Balaban J connectivity index is 1.87. The summed E-state index contributed by atoms with van der Waals surface area (Å²) in [5.41, 5.74) is 9.23. The van der Waals surface area contributed by atoms with Crippen molar-refractivity contribution in [1.82, 2.24) is 0 Å². The lowest BCUT2D eigenvalue weighted by molar-refractivity contribution is 0.171. The molecule has 0 radical (unpaired) electrons. The largest absolute Gasteiger partial charge is 0.493 e. The predicted molar refractivity (Wildman–Crippen MR) is 108 cm³/mol. The summed E-state index contributed by atoms with van der Waals surface area (Å²) in [4.78, 5) is 2.22. The van der Waals surface area contributed by atoms with Crippen LogP contribution in [-0.2, 0) is 0 Å². The fourth-order valence-corrected chi connectivity index (χ4v) is 3.89. The number of allylic oxidation sites excluding steroid dienone is 1. The molecule has 0 amide bonds. The Kier molecular flexibility index (Phi) is 4.85. The minimum absolute atomic E-state index is 0.110. The van der Waals surface area contributed by atoms with Gasteiger partial charge in [0.05, 0.1) is 13.0 Å². The van der Waals surface area contributed by atoms with Crippen molar-refractivity contribution in [2.24, 2.45) is 5.73 Å². The Labute approximate surface area is 169 Å². The van der Waals surface area contributed by atoms with Crippen LogP contribution in [0.2, 0.25) is 0 Å². The van der Waals surface area contributed by atoms with Crippen LogP contribution < -0.4 is 29.6 Å². The molecule has 2 heterocycles. The molecule has 7 nitrogen and oxygen atoms in total. The van der Waals surface area contributed by atoms with E-state index in [9.17, 15) is 5.26 Å². The van der Waals surface area contributed by atoms with Crippen molar-refractivity contribution in [2.75, 3.05) is 31.9 Å². The number of hydrogen-bond donors (Lipinski definition) is 1. The van der Waals surface area contributed by atoms with Crippen LogP contribution in [0.1, 0.15) is 30.9 Å². The fourth-order valence-electron chi connectivity index (χ4n) is 3.89. The number of ether oxygens (including phenoxy) is 4. The number of hydrogen-bond acceptors (Lipinski definition) is 7. The first-order valence-corrected chi connectivity index (χ1v) is 9.55. The standard InChI is InChI=1S/C22H23N3O4/c1-4-25(5-2)14-6-7-15-17(10-14)29-22(24)16(11-23)20(15)13-8-18(26-3)21-19(9-13)27-12-28-21/h6-10,20H,4-5,12,24H2,1-3H3/t20-/m1/s1. The van der Waals surface area contributed by atoms with Crippen LogP contribution in [0.5, 0.6) is 23.0 Å². The van der Waals surface area contributed by atoms with Crippen molar-refractivity contribution >= 4 is 5.69 Å². The topological polar surface area (TPSA) is 90.0 Å². The van der Waals surface area contributed by atoms with Crippen LogP contribution in [0, 0.1) is 11.3 Å². The summed E-state index contributed by atoms with van der Waals surface area (Å²) in [6.45, 7) is 6.11. The first-order chi connectivity index (χ1) is 14.1. The Morgan fingerprint density at radius 1 is 1.17 bits per heavy atom. The molecule has 2 aromatic carbocycles. The van der Waals surface area contributed by atoms with Gasteiger partial charge in [-0.3, -0.25) is 0 Å². The third-order valence-electron chi connectivity index (χ3n) is 5.35. The number of fused-ring (bicyclic) bond motifs is 2. The molecule has 0 bridgehead atoms.